The maximum absolute atomic E-state index is 12.6. The molecule has 0 rings (SSSR count). The van der Waals surface area contributed by atoms with Crippen molar-refractivity contribution in [2.75, 3.05) is 26.4 Å². The van der Waals surface area contributed by atoms with Gasteiger partial charge in [0.1, 0.15) is 12.1 Å². The van der Waals surface area contributed by atoms with Crippen molar-refractivity contribution in [1.82, 2.24) is 0 Å². The number of hydrogen-bond acceptors (Lipinski definition) is 8. The minimum absolute atomic E-state index is 0.00429. The van der Waals surface area contributed by atoms with Gasteiger partial charge in [0, 0.05) is 6.61 Å². The molecule has 61 heavy (non-hydrogen) atoms. The van der Waals surface area contributed by atoms with Crippen LogP contribution in [0, 0.1) is 0 Å². The Kier molecular flexibility index (Phi) is 40.9. The predicted molar refractivity (Wildman–Crippen MR) is 253 cm³/mol. The van der Waals surface area contributed by atoms with E-state index in [2.05, 4.69) is 146 Å². The van der Waals surface area contributed by atoms with E-state index in [1.807, 2.05) is 12.2 Å². The summed E-state index contributed by atoms with van der Waals surface area (Å²) in [5.74, 6) is -1.95. The fourth-order valence-electron chi connectivity index (χ4n) is 4.83. The van der Waals surface area contributed by atoms with Crippen LogP contribution in [0.3, 0.4) is 0 Å². The lowest BCUT2D eigenvalue weighted by Gasteiger charge is -2.20. The van der Waals surface area contributed by atoms with Gasteiger partial charge in [0.05, 0.1) is 26.2 Å². The maximum Gasteiger partial charge on any atom is 0.472 e. The molecule has 0 aromatic rings. The molecule has 0 aromatic heterocycles. The Bertz CT molecular complexity index is 1510. The highest BCUT2D eigenvalue weighted by Crippen LogP contribution is 2.43. The van der Waals surface area contributed by atoms with Crippen LogP contribution in [-0.4, -0.2) is 60.5 Å². The van der Waals surface area contributed by atoms with Gasteiger partial charge in [0.15, 0.2) is 0 Å². The van der Waals surface area contributed by atoms with E-state index in [1.165, 1.54) is 0 Å². The molecule has 11 heteroatoms. The van der Waals surface area contributed by atoms with Crippen LogP contribution in [0.1, 0.15) is 117 Å². The standard InChI is InChI=1S/C50H76NO9P/c1-3-5-7-9-11-13-15-17-19-20-21-22-23-24-25-26-27-29-31-33-35-37-39-41-43-57-44-47(45-58-61(55,56)59-46-48(51)50(53)54)60-49(52)42-40-38-36-34-32-30-28-18-16-14-12-10-8-6-4-2/h5-8,11-14,17-19,21-22,24-25,27-29,32-35,38,40,47-48H,3-4,9-10,15-16,20,23,26,30-31,36-37,39,41-46,51H2,1-2H3,(H,53,54)(H,55,56)/b7-5-,8-6-,13-11-,14-12-,19-17-,22-21-,25-24-,28-18-,29-27-,34-32-,35-33-,40-38-. The summed E-state index contributed by atoms with van der Waals surface area (Å²) < 4.78 is 33.1. The summed E-state index contributed by atoms with van der Waals surface area (Å²) in [7, 11) is -4.67. The van der Waals surface area contributed by atoms with Gasteiger partial charge in [0.2, 0.25) is 0 Å². The predicted octanol–water partition coefficient (Wildman–Crippen LogP) is 12.4. The molecule has 0 fully saturated rings. The number of rotatable bonds is 39. The van der Waals surface area contributed by atoms with Crippen LogP contribution >= 0.6 is 7.82 Å². The average molecular weight is 866 g/mol. The number of carboxylic acids is 1. The number of hydrogen-bond donors (Lipinski definition) is 3. The number of carbonyl (C=O) groups is 2. The number of carboxylic acid groups (broad SMARTS) is 1. The van der Waals surface area contributed by atoms with E-state index < -0.39 is 45.1 Å². The van der Waals surface area contributed by atoms with Crippen molar-refractivity contribution in [3.8, 4) is 0 Å². The fourth-order valence-corrected chi connectivity index (χ4v) is 5.61. The molecule has 4 N–H and O–H groups in total. The van der Waals surface area contributed by atoms with Gasteiger partial charge in [0.25, 0.3) is 0 Å². The van der Waals surface area contributed by atoms with Gasteiger partial charge >= 0.3 is 19.8 Å². The Balaban J connectivity index is 4.46. The molecule has 3 atom stereocenters. The SMILES string of the molecule is CC/C=C\C/C=C\C/C=C\C/C=C\C/C=C\C/C=C\C/C=C\CCCCOCC(COP(=O)(O)OCC(N)C(=O)O)OC(=O)C/C=C\C/C=C\C/C=C\C/C=C\C/C=C\CC. The van der Waals surface area contributed by atoms with Crippen LogP contribution in [-0.2, 0) is 32.7 Å². The lowest BCUT2D eigenvalue weighted by Crippen LogP contribution is -2.34. The molecular weight excluding hydrogens is 790 g/mol. The van der Waals surface area contributed by atoms with E-state index in [1.54, 1.807) is 6.08 Å². The van der Waals surface area contributed by atoms with Gasteiger partial charge in [-0.25, -0.2) is 4.57 Å². The van der Waals surface area contributed by atoms with E-state index in [0.29, 0.717) is 13.0 Å². The lowest BCUT2D eigenvalue weighted by atomic mass is 10.2. The van der Waals surface area contributed by atoms with Crippen molar-refractivity contribution in [1.29, 1.82) is 0 Å². The number of unbranched alkanes of at least 4 members (excludes halogenated alkanes) is 2. The van der Waals surface area contributed by atoms with Gasteiger partial charge in [-0.05, 0) is 96.3 Å². The third-order valence-electron chi connectivity index (χ3n) is 8.15. The minimum atomic E-state index is -4.67. The summed E-state index contributed by atoms with van der Waals surface area (Å²) in [6.45, 7) is 3.37. The Morgan fingerprint density at radius 1 is 0.525 bits per heavy atom. The number of nitrogens with two attached hydrogens (primary N) is 1. The zero-order valence-corrected chi connectivity index (χ0v) is 37.8. The highest BCUT2D eigenvalue weighted by atomic mass is 31.2. The fraction of sp³-hybridized carbons (Fsp3) is 0.480. The average Bonchev–Trinajstić information content (AvgIpc) is 3.24. The van der Waals surface area contributed by atoms with Crippen LogP contribution in [0.15, 0.2) is 146 Å². The third-order valence-corrected chi connectivity index (χ3v) is 9.10. The number of carbonyl (C=O) groups excluding carboxylic acids is 1. The summed E-state index contributed by atoms with van der Waals surface area (Å²) in [6, 6.07) is -1.50. The summed E-state index contributed by atoms with van der Waals surface area (Å²) in [4.78, 5) is 33.5. The molecule has 0 saturated heterocycles. The maximum atomic E-state index is 12.6. The first-order chi connectivity index (χ1) is 29.7. The Morgan fingerprint density at radius 2 is 0.885 bits per heavy atom. The Hall–Kier alpha value is -4.15. The normalized spacial score (nSPS) is 15.2. The number of phosphoric acid groups is 1. The quantitative estimate of drug-likeness (QED) is 0.0235. The highest BCUT2D eigenvalue weighted by molar-refractivity contribution is 7.47. The molecule has 340 valence electrons. The molecule has 0 amide bonds. The minimum Gasteiger partial charge on any atom is -0.480 e. The molecule has 0 spiro atoms. The van der Waals surface area contributed by atoms with Crippen molar-refractivity contribution in [3.05, 3.63) is 146 Å². The highest BCUT2D eigenvalue weighted by Gasteiger charge is 2.27. The van der Waals surface area contributed by atoms with Crippen molar-refractivity contribution in [3.63, 3.8) is 0 Å². The lowest BCUT2D eigenvalue weighted by molar-refractivity contribution is -0.153. The first-order valence-corrected chi connectivity index (χ1v) is 23.4. The third kappa shape index (κ3) is 43.7. The second kappa shape index (κ2) is 43.9. The van der Waals surface area contributed by atoms with Crippen LogP contribution in [0.5, 0.6) is 0 Å². The van der Waals surface area contributed by atoms with Crippen molar-refractivity contribution in [2.45, 2.75) is 129 Å². The summed E-state index contributed by atoms with van der Waals surface area (Å²) in [5, 5.41) is 8.89. The molecule has 0 bridgehead atoms. The second-order valence-electron chi connectivity index (χ2n) is 13.7. The monoisotopic (exact) mass is 866 g/mol. The number of phosphoric ester groups is 1. The molecule has 0 saturated carbocycles. The second-order valence-corrected chi connectivity index (χ2v) is 15.2. The van der Waals surface area contributed by atoms with Crippen LogP contribution < -0.4 is 5.73 Å². The van der Waals surface area contributed by atoms with Crippen LogP contribution in [0.4, 0.5) is 0 Å². The summed E-state index contributed by atoms with van der Waals surface area (Å²) in [5.41, 5.74) is 5.34. The Labute approximate surface area is 368 Å². The van der Waals surface area contributed by atoms with Crippen LogP contribution in [0.2, 0.25) is 0 Å². The molecule has 0 aliphatic rings. The zero-order chi connectivity index (χ0) is 44.8. The first-order valence-electron chi connectivity index (χ1n) is 21.9. The molecule has 0 aromatic carbocycles. The van der Waals surface area contributed by atoms with Gasteiger partial charge in [-0.3, -0.25) is 18.6 Å². The number of ether oxygens (including phenoxy) is 2. The molecule has 0 radical (unpaired) electrons. The van der Waals surface area contributed by atoms with E-state index in [-0.39, 0.29) is 13.0 Å². The molecular formula is C50H76NO9P. The van der Waals surface area contributed by atoms with Crippen molar-refractivity contribution < 1.29 is 42.7 Å². The molecule has 0 heterocycles. The number of esters is 1. The largest absolute Gasteiger partial charge is 0.480 e. The Morgan fingerprint density at radius 3 is 1.28 bits per heavy atom. The van der Waals surface area contributed by atoms with E-state index in [9.17, 15) is 19.0 Å². The molecule has 0 aliphatic heterocycles. The van der Waals surface area contributed by atoms with Gasteiger partial charge in [-0.1, -0.05) is 160 Å². The smallest absolute Gasteiger partial charge is 0.472 e. The van der Waals surface area contributed by atoms with Crippen LogP contribution in [0.25, 0.3) is 0 Å². The molecule has 0 aliphatic carbocycles. The summed E-state index contributed by atoms with van der Waals surface area (Å²) >= 11 is 0. The van der Waals surface area contributed by atoms with Gasteiger partial charge < -0.3 is 25.2 Å². The van der Waals surface area contributed by atoms with E-state index in [0.717, 1.165) is 89.9 Å². The van der Waals surface area contributed by atoms with E-state index >= 15 is 0 Å². The van der Waals surface area contributed by atoms with Gasteiger partial charge in [-0.15, -0.1) is 0 Å². The number of aliphatic carboxylic acids is 1. The topological polar surface area (TPSA) is 155 Å². The molecule has 10 nitrogen and oxygen atoms in total. The zero-order valence-electron chi connectivity index (χ0n) is 36.9. The van der Waals surface area contributed by atoms with Crippen molar-refractivity contribution in [2.24, 2.45) is 5.73 Å². The number of allylic oxidation sites excluding steroid dienone is 23. The first kappa shape index (κ1) is 56.9. The van der Waals surface area contributed by atoms with Gasteiger partial charge in [-0.2, -0.15) is 0 Å². The molecule has 3 unspecified atom stereocenters. The van der Waals surface area contributed by atoms with E-state index in [4.69, 9.17) is 24.8 Å². The summed E-state index contributed by atoms with van der Waals surface area (Å²) in [6.07, 6.45) is 63.7. The van der Waals surface area contributed by atoms with Crippen molar-refractivity contribution >= 4 is 19.8 Å².